The molecule has 0 spiro atoms. The van der Waals surface area contributed by atoms with Crippen molar-refractivity contribution in [3.8, 4) is 0 Å². The molecule has 2 aromatic heterocycles. The summed E-state index contributed by atoms with van der Waals surface area (Å²) in [6, 6.07) is 0. The third-order valence-electron chi connectivity index (χ3n) is 4.55. The molecule has 1 fully saturated rings. The van der Waals surface area contributed by atoms with Crippen LogP contribution in [0.1, 0.15) is 33.9 Å². The van der Waals surface area contributed by atoms with Gasteiger partial charge in [-0.2, -0.15) is 4.98 Å². The summed E-state index contributed by atoms with van der Waals surface area (Å²) < 4.78 is 30.6. The predicted octanol–water partition coefficient (Wildman–Crippen LogP) is 0.364. The van der Waals surface area contributed by atoms with E-state index in [0.29, 0.717) is 0 Å². The average molecular weight is 431 g/mol. The van der Waals surface area contributed by atoms with Gasteiger partial charge in [-0.3, -0.25) is 23.4 Å². The second-order valence-corrected chi connectivity index (χ2v) is 9.81. The number of imidazole rings is 1. The first-order valence-electron chi connectivity index (χ1n) is 9.19. The molecule has 0 amide bonds. The number of aliphatic hydroxyl groups excluding tert-OH is 1. The summed E-state index contributed by atoms with van der Waals surface area (Å²) in [6.45, 7) is 6.76. The van der Waals surface area contributed by atoms with E-state index in [0.717, 1.165) is 0 Å². The molecule has 1 aliphatic rings. The fraction of sp³-hybridized carbons (Fsp3) is 0.688. The maximum absolute atomic E-state index is 12.4. The van der Waals surface area contributed by atoms with E-state index < -0.39 is 43.4 Å². The number of nitrogens with zero attached hydrogens (tertiary/aromatic N) is 3. The van der Waals surface area contributed by atoms with Crippen molar-refractivity contribution in [3.05, 3.63) is 16.7 Å². The van der Waals surface area contributed by atoms with E-state index >= 15 is 0 Å². The van der Waals surface area contributed by atoms with Gasteiger partial charge < -0.3 is 25.2 Å². The van der Waals surface area contributed by atoms with Crippen LogP contribution in [0.15, 0.2) is 11.1 Å². The molecule has 0 aromatic carbocycles. The number of hydrogen-bond donors (Lipinski definition) is 4. The Bertz CT molecular complexity index is 974. The molecule has 5 atom stereocenters. The lowest BCUT2D eigenvalue weighted by Crippen LogP contribution is -2.37. The van der Waals surface area contributed by atoms with Crippen LogP contribution in [0, 0.1) is 0 Å². The Morgan fingerprint density at radius 3 is 2.72 bits per heavy atom. The van der Waals surface area contributed by atoms with Crippen LogP contribution in [-0.2, 0) is 18.6 Å². The molecule has 5 N–H and O–H groups in total. The number of H-pyrrole nitrogens is 1. The van der Waals surface area contributed by atoms with Crippen LogP contribution in [0.2, 0.25) is 0 Å². The molecule has 13 heteroatoms. The van der Waals surface area contributed by atoms with Crippen LogP contribution in [0.4, 0.5) is 5.95 Å². The van der Waals surface area contributed by atoms with Crippen LogP contribution in [0.25, 0.3) is 11.2 Å². The normalized spacial score (nSPS) is 27.2. The topological polar surface area (TPSA) is 175 Å². The van der Waals surface area contributed by atoms with Crippen molar-refractivity contribution in [2.75, 3.05) is 12.3 Å². The largest absolute Gasteiger partial charge is 0.386 e. The number of aliphatic hydroxyl groups is 1. The molecule has 162 valence electrons. The van der Waals surface area contributed by atoms with Crippen molar-refractivity contribution in [1.82, 2.24) is 19.5 Å². The van der Waals surface area contributed by atoms with Gasteiger partial charge in [0, 0.05) is 0 Å². The molecular weight excluding hydrogens is 405 g/mol. The van der Waals surface area contributed by atoms with E-state index in [1.165, 1.54) is 10.9 Å². The molecule has 3 rings (SSSR count). The summed E-state index contributed by atoms with van der Waals surface area (Å²) in [5.74, 6) is -0.121. The number of fused-ring (bicyclic) bond motifs is 1. The van der Waals surface area contributed by atoms with Crippen molar-refractivity contribution < 1.29 is 28.6 Å². The highest BCUT2D eigenvalue weighted by Gasteiger charge is 2.49. The highest BCUT2D eigenvalue weighted by Crippen LogP contribution is 2.51. The van der Waals surface area contributed by atoms with Gasteiger partial charge in [0.1, 0.15) is 18.3 Å². The molecule has 12 nitrogen and oxygen atoms in total. The van der Waals surface area contributed by atoms with Gasteiger partial charge in [0.05, 0.1) is 24.7 Å². The molecule has 2 aromatic rings. The van der Waals surface area contributed by atoms with Crippen molar-refractivity contribution in [2.45, 2.75) is 64.0 Å². The summed E-state index contributed by atoms with van der Waals surface area (Å²) in [5.41, 5.74) is 4.53. The molecule has 0 saturated carbocycles. The van der Waals surface area contributed by atoms with E-state index in [1.54, 1.807) is 13.8 Å². The second kappa shape index (κ2) is 8.13. The van der Waals surface area contributed by atoms with Crippen LogP contribution in [-0.4, -0.2) is 66.2 Å². The first kappa shape index (κ1) is 21.9. The summed E-state index contributed by atoms with van der Waals surface area (Å²) in [6.07, 6.45) is -3.26. The third-order valence-corrected chi connectivity index (χ3v) is 6.40. The molecule has 0 bridgehead atoms. The Labute approximate surface area is 166 Å². The maximum atomic E-state index is 12.4. The monoisotopic (exact) mass is 431 g/mol. The number of nitrogens with one attached hydrogen (secondary N) is 1. The molecular formula is C16H26N5O7P. The van der Waals surface area contributed by atoms with Crippen molar-refractivity contribution in [2.24, 2.45) is 0 Å². The molecule has 29 heavy (non-hydrogen) atoms. The summed E-state index contributed by atoms with van der Waals surface area (Å²) >= 11 is 0. The van der Waals surface area contributed by atoms with Gasteiger partial charge in [0.25, 0.3) is 5.56 Å². The van der Waals surface area contributed by atoms with Crippen molar-refractivity contribution in [3.63, 3.8) is 0 Å². The van der Waals surface area contributed by atoms with Gasteiger partial charge in [0.2, 0.25) is 5.95 Å². The third kappa shape index (κ3) is 4.37. The van der Waals surface area contributed by atoms with Gasteiger partial charge >= 0.3 is 7.60 Å². The van der Waals surface area contributed by atoms with Crippen LogP contribution in [0.3, 0.4) is 0 Å². The van der Waals surface area contributed by atoms with E-state index in [1.807, 2.05) is 13.8 Å². The van der Waals surface area contributed by atoms with E-state index in [4.69, 9.17) is 19.7 Å². The predicted molar refractivity (Wildman–Crippen MR) is 103 cm³/mol. The fourth-order valence-corrected chi connectivity index (χ4v) is 3.78. The highest BCUT2D eigenvalue weighted by molar-refractivity contribution is 7.53. The Kier molecular flexibility index (Phi) is 6.13. The smallest absolute Gasteiger partial charge is 0.331 e. The van der Waals surface area contributed by atoms with E-state index in [2.05, 4.69) is 15.0 Å². The zero-order valence-corrected chi connectivity index (χ0v) is 17.4. The lowest BCUT2D eigenvalue weighted by molar-refractivity contribution is -0.0742. The zero-order chi connectivity index (χ0) is 21.5. The lowest BCUT2D eigenvalue weighted by atomic mass is 10.1. The quantitative estimate of drug-likeness (QED) is 0.448. The standard InChI is InChI=1S/C16H26N5O7P/c1-7(2)26-5-9-12(28-29(24,25)8(3)4)11(22)15(27-9)21-6-18-10-13(21)19-16(17)20-14(10)23/h6-9,11-12,15,22H,5H2,1-4H3,(H,24,25)(H3,17,19,20,23)/t9-,11?,12+,15-/m1/s1. The number of ether oxygens (including phenoxy) is 2. The number of nitrogen functional groups attached to an aromatic ring is 1. The number of rotatable bonds is 7. The SMILES string of the molecule is CC(C)OC[C@H]1O[C@@H](n2cnc3c(=O)[nH]c(N)nc32)C(O)[C@H]1OP(=O)(O)C(C)C. The Morgan fingerprint density at radius 2 is 2.10 bits per heavy atom. The minimum Gasteiger partial charge on any atom is -0.386 e. The van der Waals surface area contributed by atoms with Crippen molar-refractivity contribution in [1.29, 1.82) is 0 Å². The first-order valence-corrected chi connectivity index (χ1v) is 10.8. The number of hydrogen-bond acceptors (Lipinski definition) is 9. The van der Waals surface area contributed by atoms with Gasteiger partial charge in [0.15, 0.2) is 17.4 Å². The minimum absolute atomic E-state index is 0.0179. The molecule has 3 heterocycles. The maximum Gasteiger partial charge on any atom is 0.331 e. The van der Waals surface area contributed by atoms with Gasteiger partial charge in [-0.25, -0.2) is 4.98 Å². The fourth-order valence-electron chi connectivity index (χ4n) is 2.93. The van der Waals surface area contributed by atoms with E-state index in [9.17, 15) is 19.4 Å². The van der Waals surface area contributed by atoms with Gasteiger partial charge in [-0.05, 0) is 13.8 Å². The number of aromatic nitrogens is 4. The second-order valence-electron chi connectivity index (χ2n) is 7.44. The number of nitrogens with two attached hydrogens (primary N) is 1. The Morgan fingerprint density at radius 1 is 1.41 bits per heavy atom. The number of anilines is 1. The molecule has 1 aliphatic heterocycles. The summed E-state index contributed by atoms with van der Waals surface area (Å²) in [7, 11) is -4.01. The average Bonchev–Trinajstić information content (AvgIpc) is 3.15. The van der Waals surface area contributed by atoms with Gasteiger partial charge in [-0.15, -0.1) is 0 Å². The van der Waals surface area contributed by atoms with E-state index in [-0.39, 0.29) is 29.8 Å². The first-order chi connectivity index (χ1) is 13.5. The minimum atomic E-state index is -4.01. The summed E-state index contributed by atoms with van der Waals surface area (Å²) in [5, 5.41) is 10.9. The number of aromatic amines is 1. The summed E-state index contributed by atoms with van der Waals surface area (Å²) in [4.78, 5) is 32.6. The van der Waals surface area contributed by atoms with Crippen LogP contribution < -0.4 is 11.3 Å². The highest BCUT2D eigenvalue weighted by atomic mass is 31.2. The van der Waals surface area contributed by atoms with Gasteiger partial charge in [-0.1, -0.05) is 13.8 Å². The molecule has 0 radical (unpaired) electrons. The zero-order valence-electron chi connectivity index (χ0n) is 16.6. The molecule has 1 saturated heterocycles. The lowest BCUT2D eigenvalue weighted by Gasteiger charge is -2.25. The van der Waals surface area contributed by atoms with Crippen molar-refractivity contribution >= 4 is 24.7 Å². The van der Waals surface area contributed by atoms with Crippen LogP contribution in [0.5, 0.6) is 0 Å². The Balaban J connectivity index is 1.96. The van der Waals surface area contributed by atoms with Crippen LogP contribution >= 0.6 is 7.60 Å². The molecule has 2 unspecified atom stereocenters. The molecule has 0 aliphatic carbocycles. The Hall–Kier alpha value is -1.82.